The summed E-state index contributed by atoms with van der Waals surface area (Å²) in [5.74, 6) is 0.725. The van der Waals surface area contributed by atoms with Crippen molar-refractivity contribution in [3.05, 3.63) is 48.2 Å². The fourth-order valence-electron chi connectivity index (χ4n) is 3.53. The SMILES string of the molecule is CNc1nc(N)nc2cc(-c3ccccc3C(F)(F)P)c3c(ccn3C)c12. The first kappa shape index (κ1) is 17.6. The van der Waals surface area contributed by atoms with Crippen LogP contribution in [0.4, 0.5) is 20.5 Å². The van der Waals surface area contributed by atoms with E-state index in [0.717, 1.165) is 16.3 Å². The van der Waals surface area contributed by atoms with Crippen molar-refractivity contribution >= 4 is 42.8 Å². The standard InChI is InChI=1S/C19H18F2N5P/c1-23-17-15-11-7-8-26(2)16(11)12(9-14(15)24-18(22)25-17)10-5-3-4-6-13(10)19(20,21)27/h3-9H,27H2,1-2H3,(H3,22,23,24,25). The van der Waals surface area contributed by atoms with Gasteiger partial charge in [0.1, 0.15) is 5.82 Å². The maximum atomic E-state index is 14.2. The van der Waals surface area contributed by atoms with Gasteiger partial charge in [-0.25, -0.2) is 4.98 Å². The maximum absolute atomic E-state index is 14.2. The molecule has 0 bridgehead atoms. The smallest absolute Gasteiger partial charge is 0.284 e. The van der Waals surface area contributed by atoms with E-state index in [4.69, 9.17) is 5.73 Å². The number of nitrogens with one attached hydrogen (secondary N) is 1. The Balaban J connectivity index is 2.19. The van der Waals surface area contributed by atoms with Gasteiger partial charge in [-0.15, -0.1) is 0 Å². The van der Waals surface area contributed by atoms with Crippen molar-refractivity contribution in [3.63, 3.8) is 0 Å². The molecule has 8 heteroatoms. The average Bonchev–Trinajstić information content (AvgIpc) is 3.01. The summed E-state index contributed by atoms with van der Waals surface area (Å²) in [6.45, 7) is 0. The Morgan fingerprint density at radius 2 is 1.89 bits per heavy atom. The molecule has 1 atom stereocenters. The molecule has 2 aromatic heterocycles. The zero-order chi connectivity index (χ0) is 19.3. The zero-order valence-corrected chi connectivity index (χ0v) is 15.9. The molecule has 0 radical (unpaired) electrons. The minimum absolute atomic E-state index is 0.0623. The fourth-order valence-corrected chi connectivity index (χ4v) is 3.78. The van der Waals surface area contributed by atoms with Crippen LogP contribution in [-0.4, -0.2) is 21.6 Å². The lowest BCUT2D eigenvalue weighted by Gasteiger charge is -2.18. The third-order valence-electron chi connectivity index (χ3n) is 4.65. The second-order valence-corrected chi connectivity index (χ2v) is 7.08. The number of rotatable bonds is 3. The van der Waals surface area contributed by atoms with Crippen LogP contribution in [0.1, 0.15) is 5.56 Å². The van der Waals surface area contributed by atoms with Crippen molar-refractivity contribution in [1.29, 1.82) is 0 Å². The number of nitrogens with zero attached hydrogens (tertiary/aromatic N) is 3. The number of aromatic nitrogens is 3. The Morgan fingerprint density at radius 1 is 1.15 bits per heavy atom. The first-order valence-electron chi connectivity index (χ1n) is 8.31. The predicted molar refractivity (Wildman–Crippen MR) is 109 cm³/mol. The van der Waals surface area contributed by atoms with E-state index in [0.29, 0.717) is 22.5 Å². The van der Waals surface area contributed by atoms with Gasteiger partial charge in [0.15, 0.2) is 0 Å². The molecule has 3 N–H and O–H groups in total. The molecule has 1 unspecified atom stereocenters. The highest BCUT2D eigenvalue weighted by molar-refractivity contribution is 7.17. The minimum Gasteiger partial charge on any atom is -0.372 e. The summed E-state index contributed by atoms with van der Waals surface area (Å²) >= 11 is 0. The number of hydrogen-bond acceptors (Lipinski definition) is 4. The molecule has 5 nitrogen and oxygen atoms in total. The van der Waals surface area contributed by atoms with Crippen molar-refractivity contribution in [1.82, 2.24) is 14.5 Å². The highest BCUT2D eigenvalue weighted by Gasteiger charge is 2.29. The largest absolute Gasteiger partial charge is 0.372 e. The summed E-state index contributed by atoms with van der Waals surface area (Å²) in [4.78, 5) is 8.61. The molecule has 138 valence electrons. The molecular weight excluding hydrogens is 367 g/mol. The minimum atomic E-state index is -3.05. The normalized spacial score (nSPS) is 12.0. The maximum Gasteiger partial charge on any atom is 0.284 e. The second kappa shape index (κ2) is 6.13. The van der Waals surface area contributed by atoms with Gasteiger partial charge < -0.3 is 15.6 Å². The molecule has 0 aliphatic carbocycles. The van der Waals surface area contributed by atoms with Crippen molar-refractivity contribution < 1.29 is 8.78 Å². The Bertz CT molecular complexity index is 1180. The molecule has 0 saturated carbocycles. The van der Waals surface area contributed by atoms with Gasteiger partial charge in [0.05, 0.1) is 16.4 Å². The van der Waals surface area contributed by atoms with Crippen LogP contribution in [0, 0.1) is 0 Å². The molecule has 2 heterocycles. The lowest BCUT2D eigenvalue weighted by atomic mass is 9.96. The van der Waals surface area contributed by atoms with E-state index in [1.165, 1.54) is 6.07 Å². The van der Waals surface area contributed by atoms with Gasteiger partial charge in [-0.3, -0.25) is 0 Å². The molecule has 0 spiro atoms. The molecule has 0 aliphatic heterocycles. The number of nitrogens with two attached hydrogens (primary N) is 1. The van der Waals surface area contributed by atoms with Crippen molar-refractivity contribution in [3.8, 4) is 11.1 Å². The van der Waals surface area contributed by atoms with Crippen LogP contribution in [0.2, 0.25) is 0 Å². The third kappa shape index (κ3) is 2.79. The number of benzene rings is 2. The van der Waals surface area contributed by atoms with Crippen LogP contribution in [0.25, 0.3) is 32.9 Å². The molecule has 27 heavy (non-hydrogen) atoms. The number of nitrogen functional groups attached to an aromatic ring is 1. The van der Waals surface area contributed by atoms with Gasteiger partial charge in [0.25, 0.3) is 5.66 Å². The van der Waals surface area contributed by atoms with Crippen LogP contribution in [0.5, 0.6) is 0 Å². The van der Waals surface area contributed by atoms with Gasteiger partial charge in [0, 0.05) is 36.8 Å². The Hall–Kier alpha value is -2.79. The van der Waals surface area contributed by atoms with Crippen molar-refractivity contribution in [2.24, 2.45) is 7.05 Å². The van der Waals surface area contributed by atoms with E-state index < -0.39 is 5.66 Å². The van der Waals surface area contributed by atoms with Crippen molar-refractivity contribution in [2.75, 3.05) is 18.1 Å². The van der Waals surface area contributed by atoms with Crippen LogP contribution in [-0.2, 0) is 12.7 Å². The molecule has 4 rings (SSSR count). The molecule has 0 fully saturated rings. The van der Waals surface area contributed by atoms with E-state index in [1.54, 1.807) is 40.6 Å². The van der Waals surface area contributed by atoms with Crippen LogP contribution < -0.4 is 11.1 Å². The molecule has 4 aromatic rings. The third-order valence-corrected chi connectivity index (χ3v) is 4.96. The molecule has 0 amide bonds. The first-order valence-corrected chi connectivity index (χ1v) is 8.88. The van der Waals surface area contributed by atoms with Crippen LogP contribution >= 0.6 is 9.24 Å². The quantitative estimate of drug-likeness (QED) is 0.515. The van der Waals surface area contributed by atoms with Crippen LogP contribution in [0.15, 0.2) is 42.6 Å². The number of alkyl halides is 2. The van der Waals surface area contributed by atoms with E-state index >= 15 is 0 Å². The molecule has 0 aliphatic rings. The van der Waals surface area contributed by atoms with Crippen molar-refractivity contribution in [2.45, 2.75) is 5.66 Å². The zero-order valence-electron chi connectivity index (χ0n) is 14.8. The number of hydrogen-bond donors (Lipinski definition) is 2. The first-order chi connectivity index (χ1) is 12.8. The monoisotopic (exact) mass is 385 g/mol. The summed E-state index contributed by atoms with van der Waals surface area (Å²) in [5, 5.41) is 4.72. The lowest BCUT2D eigenvalue weighted by molar-refractivity contribution is 0.104. The predicted octanol–water partition coefficient (Wildman–Crippen LogP) is 4.34. The lowest BCUT2D eigenvalue weighted by Crippen LogP contribution is -2.06. The summed E-state index contributed by atoms with van der Waals surface area (Å²) in [6.07, 6.45) is 1.89. The highest BCUT2D eigenvalue weighted by atomic mass is 31.0. The Morgan fingerprint density at radius 3 is 2.59 bits per heavy atom. The molecule has 2 aromatic carbocycles. The van der Waals surface area contributed by atoms with Crippen LogP contribution in [0.3, 0.4) is 0 Å². The number of anilines is 2. The molecular formula is C19H18F2N5P. The summed E-state index contributed by atoms with van der Waals surface area (Å²) in [5.41, 5.74) is 5.28. The average molecular weight is 385 g/mol. The van der Waals surface area contributed by atoms with Gasteiger partial charge in [0.2, 0.25) is 5.95 Å². The van der Waals surface area contributed by atoms with Gasteiger partial charge in [-0.05, 0) is 17.7 Å². The molecule has 0 saturated heterocycles. The van der Waals surface area contributed by atoms with E-state index in [9.17, 15) is 8.78 Å². The van der Waals surface area contributed by atoms with Gasteiger partial charge in [-0.1, -0.05) is 33.5 Å². The number of fused-ring (bicyclic) bond motifs is 3. The Labute approximate surface area is 156 Å². The van der Waals surface area contributed by atoms with E-state index in [2.05, 4.69) is 15.3 Å². The highest BCUT2D eigenvalue weighted by Crippen LogP contribution is 2.44. The van der Waals surface area contributed by atoms with Gasteiger partial charge >= 0.3 is 0 Å². The van der Waals surface area contributed by atoms with E-state index in [1.807, 2.05) is 23.9 Å². The summed E-state index contributed by atoms with van der Waals surface area (Å²) in [6, 6.07) is 10.2. The topological polar surface area (TPSA) is 68.8 Å². The van der Waals surface area contributed by atoms with Gasteiger partial charge in [-0.2, -0.15) is 13.8 Å². The number of aryl methyl sites for hydroxylation is 1. The fraction of sp³-hybridized carbons (Fsp3) is 0.158. The number of halogens is 2. The summed E-state index contributed by atoms with van der Waals surface area (Å²) in [7, 11) is 5.26. The second-order valence-electron chi connectivity index (χ2n) is 6.36. The van der Waals surface area contributed by atoms with E-state index in [-0.39, 0.29) is 11.5 Å². The Kier molecular flexibility index (Phi) is 4.00. The summed E-state index contributed by atoms with van der Waals surface area (Å²) < 4.78 is 30.4.